The first-order chi connectivity index (χ1) is 10.7. The number of benzene rings is 1. The maximum atomic E-state index is 8.73. The van der Waals surface area contributed by atoms with Crippen molar-refractivity contribution in [1.82, 2.24) is 9.78 Å². The third-order valence-corrected chi connectivity index (χ3v) is 5.15. The lowest BCUT2D eigenvalue weighted by Gasteiger charge is -2.23. The largest absolute Gasteiger partial charge is 0.356 e. The standard InChI is InChI=1S/C16H17BrClN3O/c17-12-9-11-14(5-1-3-7-19)20-21(15(11)10-13(12)18)16-6-2-4-8-22-16/h9-10,16H,1-6,8H2. The monoisotopic (exact) mass is 381 g/mol. The number of nitriles is 1. The van der Waals surface area contributed by atoms with Gasteiger partial charge < -0.3 is 4.74 Å². The van der Waals surface area contributed by atoms with Crippen molar-refractivity contribution in [3.05, 3.63) is 27.3 Å². The normalized spacial score (nSPS) is 18.5. The predicted molar refractivity (Wildman–Crippen MR) is 89.8 cm³/mol. The van der Waals surface area contributed by atoms with E-state index in [1.807, 2.05) is 16.8 Å². The van der Waals surface area contributed by atoms with Crippen LogP contribution in [-0.4, -0.2) is 16.4 Å². The minimum Gasteiger partial charge on any atom is -0.356 e. The van der Waals surface area contributed by atoms with Crippen LogP contribution in [0.25, 0.3) is 10.9 Å². The van der Waals surface area contributed by atoms with Crippen LogP contribution in [0.3, 0.4) is 0 Å². The molecule has 1 aromatic carbocycles. The van der Waals surface area contributed by atoms with Gasteiger partial charge in [0.25, 0.3) is 0 Å². The number of nitrogens with zero attached hydrogens (tertiary/aromatic N) is 3. The van der Waals surface area contributed by atoms with E-state index < -0.39 is 0 Å². The second-order valence-corrected chi connectivity index (χ2v) is 6.77. The Labute approximate surface area is 143 Å². The van der Waals surface area contributed by atoms with E-state index in [0.717, 1.165) is 59.8 Å². The summed E-state index contributed by atoms with van der Waals surface area (Å²) in [7, 11) is 0. The molecule has 2 aromatic rings. The fourth-order valence-corrected chi connectivity index (χ4v) is 3.35. The Morgan fingerprint density at radius 3 is 3.05 bits per heavy atom. The molecule has 0 N–H and O–H groups in total. The summed E-state index contributed by atoms with van der Waals surface area (Å²) in [4.78, 5) is 0. The highest BCUT2D eigenvalue weighted by molar-refractivity contribution is 9.10. The molecule has 0 radical (unpaired) electrons. The quantitative estimate of drug-likeness (QED) is 0.699. The van der Waals surface area contributed by atoms with E-state index in [4.69, 9.17) is 26.7 Å². The molecule has 2 heterocycles. The van der Waals surface area contributed by atoms with E-state index in [2.05, 4.69) is 22.0 Å². The lowest BCUT2D eigenvalue weighted by Crippen LogP contribution is -2.19. The van der Waals surface area contributed by atoms with Gasteiger partial charge in [0.2, 0.25) is 0 Å². The molecule has 116 valence electrons. The third kappa shape index (κ3) is 3.15. The number of fused-ring (bicyclic) bond motifs is 1. The number of rotatable bonds is 4. The maximum Gasteiger partial charge on any atom is 0.150 e. The highest BCUT2D eigenvalue weighted by atomic mass is 79.9. The molecule has 3 rings (SSSR count). The van der Waals surface area contributed by atoms with Crippen LogP contribution in [0.5, 0.6) is 0 Å². The summed E-state index contributed by atoms with van der Waals surface area (Å²) in [5.74, 6) is 0. The zero-order valence-electron chi connectivity index (χ0n) is 12.2. The molecule has 4 nitrogen and oxygen atoms in total. The number of hydrogen-bond donors (Lipinski definition) is 0. The van der Waals surface area contributed by atoms with Gasteiger partial charge in [-0.3, -0.25) is 0 Å². The second kappa shape index (κ2) is 6.99. The van der Waals surface area contributed by atoms with Gasteiger partial charge in [-0.2, -0.15) is 10.4 Å². The lowest BCUT2D eigenvalue weighted by molar-refractivity contribution is -0.0368. The topological polar surface area (TPSA) is 50.8 Å². The van der Waals surface area contributed by atoms with E-state index in [1.54, 1.807) is 0 Å². The minimum atomic E-state index is -0.0155. The van der Waals surface area contributed by atoms with Gasteiger partial charge in [-0.25, -0.2) is 4.68 Å². The van der Waals surface area contributed by atoms with Crippen LogP contribution < -0.4 is 0 Å². The molecule has 0 aliphatic carbocycles. The van der Waals surface area contributed by atoms with Crippen molar-refractivity contribution in [2.24, 2.45) is 0 Å². The summed E-state index contributed by atoms with van der Waals surface area (Å²) < 4.78 is 8.71. The molecular formula is C16H17BrClN3O. The van der Waals surface area contributed by atoms with Gasteiger partial charge in [0.05, 0.1) is 22.3 Å². The molecule has 1 aromatic heterocycles. The molecule has 0 bridgehead atoms. The smallest absolute Gasteiger partial charge is 0.150 e. The van der Waals surface area contributed by atoms with Gasteiger partial charge >= 0.3 is 0 Å². The van der Waals surface area contributed by atoms with Gasteiger partial charge in [-0.15, -0.1) is 0 Å². The van der Waals surface area contributed by atoms with Crippen molar-refractivity contribution >= 4 is 38.4 Å². The Morgan fingerprint density at radius 2 is 2.32 bits per heavy atom. The van der Waals surface area contributed by atoms with E-state index in [0.29, 0.717) is 11.4 Å². The van der Waals surface area contributed by atoms with Crippen molar-refractivity contribution in [3.63, 3.8) is 0 Å². The molecule has 0 amide bonds. The van der Waals surface area contributed by atoms with E-state index in [-0.39, 0.29) is 6.23 Å². The Bertz CT molecular complexity index is 716. The van der Waals surface area contributed by atoms with Crippen molar-refractivity contribution in [3.8, 4) is 6.07 Å². The van der Waals surface area contributed by atoms with Crippen LogP contribution in [0.1, 0.15) is 44.0 Å². The first kappa shape index (κ1) is 15.8. The predicted octanol–water partition coefficient (Wildman–Crippen LogP) is 5.00. The molecule has 1 unspecified atom stereocenters. The third-order valence-electron chi connectivity index (χ3n) is 3.96. The minimum absolute atomic E-state index is 0.0155. The number of ether oxygens (including phenoxy) is 1. The van der Waals surface area contributed by atoms with Crippen LogP contribution in [0.2, 0.25) is 5.02 Å². The summed E-state index contributed by atoms with van der Waals surface area (Å²) in [6.07, 6.45) is 5.37. The van der Waals surface area contributed by atoms with Crippen LogP contribution in [0.4, 0.5) is 0 Å². The van der Waals surface area contributed by atoms with E-state index >= 15 is 0 Å². The highest BCUT2D eigenvalue weighted by Crippen LogP contribution is 2.34. The van der Waals surface area contributed by atoms with Crippen LogP contribution >= 0.6 is 27.5 Å². The Kier molecular flexibility index (Phi) is 5.02. The Hall–Kier alpha value is -1.09. The fourth-order valence-electron chi connectivity index (χ4n) is 2.85. The number of aromatic nitrogens is 2. The van der Waals surface area contributed by atoms with Crippen LogP contribution in [0, 0.1) is 11.3 Å². The Balaban J connectivity index is 2.03. The average molecular weight is 383 g/mol. The Morgan fingerprint density at radius 1 is 1.45 bits per heavy atom. The van der Waals surface area contributed by atoms with Gasteiger partial charge in [-0.1, -0.05) is 11.6 Å². The summed E-state index contributed by atoms with van der Waals surface area (Å²) in [6.45, 7) is 0.778. The second-order valence-electron chi connectivity index (χ2n) is 5.51. The molecular weight excluding hydrogens is 366 g/mol. The SMILES string of the molecule is N#CCCCc1nn(C2CCCCO2)c2cc(Cl)c(Br)cc12. The van der Waals surface area contributed by atoms with Crippen LogP contribution in [-0.2, 0) is 11.2 Å². The van der Waals surface area contributed by atoms with Crippen molar-refractivity contribution in [2.75, 3.05) is 6.61 Å². The number of unbranched alkanes of at least 4 members (excludes halogenated alkanes) is 1. The first-order valence-electron chi connectivity index (χ1n) is 7.55. The van der Waals surface area contributed by atoms with Crippen molar-refractivity contribution < 1.29 is 4.74 Å². The van der Waals surface area contributed by atoms with E-state index in [9.17, 15) is 0 Å². The van der Waals surface area contributed by atoms with Gasteiger partial charge in [0.15, 0.2) is 6.23 Å². The zero-order valence-corrected chi connectivity index (χ0v) is 14.5. The number of aryl methyl sites for hydroxylation is 1. The lowest BCUT2D eigenvalue weighted by atomic mass is 10.1. The van der Waals surface area contributed by atoms with Gasteiger partial charge in [0, 0.05) is 22.9 Å². The molecule has 1 saturated heterocycles. The average Bonchev–Trinajstić information content (AvgIpc) is 2.87. The summed E-state index contributed by atoms with van der Waals surface area (Å²) in [6, 6.07) is 6.15. The molecule has 0 saturated carbocycles. The molecule has 6 heteroatoms. The van der Waals surface area contributed by atoms with E-state index in [1.165, 1.54) is 0 Å². The number of halogens is 2. The van der Waals surface area contributed by atoms with Gasteiger partial charge in [-0.05, 0) is 60.2 Å². The molecule has 1 aliphatic rings. The zero-order chi connectivity index (χ0) is 15.5. The molecule has 0 spiro atoms. The fraction of sp³-hybridized carbons (Fsp3) is 0.500. The first-order valence-corrected chi connectivity index (χ1v) is 8.72. The van der Waals surface area contributed by atoms with Crippen LogP contribution in [0.15, 0.2) is 16.6 Å². The van der Waals surface area contributed by atoms with Crippen molar-refractivity contribution in [2.45, 2.75) is 44.8 Å². The molecule has 1 atom stereocenters. The van der Waals surface area contributed by atoms with Crippen molar-refractivity contribution in [1.29, 1.82) is 5.26 Å². The molecule has 1 aliphatic heterocycles. The highest BCUT2D eigenvalue weighted by Gasteiger charge is 2.21. The summed E-state index contributed by atoms with van der Waals surface area (Å²) in [5, 5.41) is 15.3. The number of hydrogen-bond acceptors (Lipinski definition) is 3. The van der Waals surface area contributed by atoms with Gasteiger partial charge in [0.1, 0.15) is 0 Å². The summed E-state index contributed by atoms with van der Waals surface area (Å²) in [5.41, 5.74) is 2.02. The molecule has 22 heavy (non-hydrogen) atoms. The summed E-state index contributed by atoms with van der Waals surface area (Å²) >= 11 is 9.75. The maximum absolute atomic E-state index is 8.73. The molecule has 1 fully saturated rings.